The van der Waals surface area contributed by atoms with Crippen LogP contribution in [0.1, 0.15) is 12.5 Å². The number of nitrogens with zero attached hydrogens (tertiary/aromatic N) is 1. The topological polar surface area (TPSA) is 64.4 Å². The Balaban J connectivity index is 1.44. The number of nitrogens with one attached hydrogen (secondary N) is 1. The summed E-state index contributed by atoms with van der Waals surface area (Å²) in [6.07, 6.45) is 0.922. The number of benzene rings is 3. The van der Waals surface area contributed by atoms with E-state index in [4.69, 9.17) is 20.8 Å². The van der Waals surface area contributed by atoms with Gasteiger partial charge >= 0.3 is 0 Å². The number of anilines is 1. The number of ether oxygens (including phenoxy) is 1. The molecule has 0 fully saturated rings. The van der Waals surface area contributed by atoms with Crippen molar-refractivity contribution in [3.63, 3.8) is 0 Å². The highest BCUT2D eigenvalue weighted by Crippen LogP contribution is 2.31. The van der Waals surface area contributed by atoms with E-state index in [0.29, 0.717) is 22.4 Å². The highest BCUT2D eigenvalue weighted by atomic mass is 79.9. The Morgan fingerprint density at radius 2 is 1.93 bits per heavy atom. The van der Waals surface area contributed by atoms with Gasteiger partial charge in [-0.1, -0.05) is 30.7 Å². The van der Waals surface area contributed by atoms with Gasteiger partial charge in [-0.3, -0.25) is 4.79 Å². The molecule has 0 aliphatic rings. The van der Waals surface area contributed by atoms with E-state index in [2.05, 4.69) is 33.2 Å². The molecule has 30 heavy (non-hydrogen) atoms. The quantitative estimate of drug-likeness (QED) is 0.339. The first kappa shape index (κ1) is 20.4. The van der Waals surface area contributed by atoms with E-state index in [1.807, 2.05) is 24.3 Å². The van der Waals surface area contributed by atoms with E-state index < -0.39 is 0 Å². The van der Waals surface area contributed by atoms with Crippen molar-refractivity contribution in [3.05, 3.63) is 75.7 Å². The molecule has 0 radical (unpaired) electrons. The Kier molecular flexibility index (Phi) is 6.06. The zero-order valence-corrected chi connectivity index (χ0v) is 18.5. The van der Waals surface area contributed by atoms with Gasteiger partial charge < -0.3 is 14.5 Å². The first-order valence-corrected chi connectivity index (χ1v) is 10.6. The maximum absolute atomic E-state index is 12.2. The molecule has 0 spiro atoms. The Hall–Kier alpha value is -2.83. The van der Waals surface area contributed by atoms with Crippen molar-refractivity contribution in [2.45, 2.75) is 13.3 Å². The summed E-state index contributed by atoms with van der Waals surface area (Å²) < 4.78 is 12.3. The van der Waals surface area contributed by atoms with Crippen LogP contribution in [-0.2, 0) is 11.2 Å². The van der Waals surface area contributed by atoms with Crippen molar-refractivity contribution in [3.8, 4) is 17.2 Å². The molecule has 152 valence electrons. The molecule has 0 aliphatic carbocycles. The van der Waals surface area contributed by atoms with Crippen LogP contribution in [0.2, 0.25) is 5.02 Å². The molecule has 0 atom stereocenters. The fourth-order valence-corrected chi connectivity index (χ4v) is 3.74. The molecule has 0 saturated carbocycles. The van der Waals surface area contributed by atoms with Gasteiger partial charge in [-0.25, -0.2) is 4.98 Å². The molecule has 0 bridgehead atoms. The second kappa shape index (κ2) is 8.90. The first-order valence-electron chi connectivity index (χ1n) is 9.40. The largest absolute Gasteiger partial charge is 0.482 e. The molecule has 1 heterocycles. The monoisotopic (exact) mass is 484 g/mol. The number of aryl methyl sites for hydroxylation is 1. The van der Waals surface area contributed by atoms with E-state index in [1.165, 1.54) is 5.56 Å². The lowest BCUT2D eigenvalue weighted by Gasteiger charge is -2.08. The summed E-state index contributed by atoms with van der Waals surface area (Å²) in [5.41, 5.74) is 4.19. The number of hydrogen-bond acceptors (Lipinski definition) is 4. The summed E-state index contributed by atoms with van der Waals surface area (Å²) in [6, 6.07) is 18.4. The second-order valence-corrected chi connectivity index (χ2v) is 7.90. The molecule has 0 saturated heterocycles. The van der Waals surface area contributed by atoms with Crippen molar-refractivity contribution < 1.29 is 13.9 Å². The molecule has 5 nitrogen and oxygen atoms in total. The van der Waals surface area contributed by atoms with Gasteiger partial charge in [-0.05, 0) is 76.4 Å². The zero-order valence-electron chi connectivity index (χ0n) is 16.1. The Bertz CT molecular complexity index is 1210. The van der Waals surface area contributed by atoms with Crippen molar-refractivity contribution in [1.29, 1.82) is 0 Å². The van der Waals surface area contributed by atoms with E-state index in [9.17, 15) is 4.79 Å². The van der Waals surface area contributed by atoms with Crippen LogP contribution in [0, 0.1) is 0 Å². The van der Waals surface area contributed by atoms with Crippen molar-refractivity contribution in [2.24, 2.45) is 0 Å². The van der Waals surface area contributed by atoms with Crippen molar-refractivity contribution in [1.82, 2.24) is 4.98 Å². The Morgan fingerprint density at radius 1 is 1.17 bits per heavy atom. The van der Waals surface area contributed by atoms with Crippen LogP contribution < -0.4 is 10.1 Å². The molecule has 4 aromatic rings. The van der Waals surface area contributed by atoms with Gasteiger partial charge in [0.05, 0.1) is 9.50 Å². The summed E-state index contributed by atoms with van der Waals surface area (Å²) in [5.74, 6) is 0.720. The Labute approximate surface area is 187 Å². The number of carbonyl (C=O) groups excluding carboxylic acids is 1. The van der Waals surface area contributed by atoms with Crippen LogP contribution >= 0.6 is 27.5 Å². The number of halogens is 2. The van der Waals surface area contributed by atoms with Gasteiger partial charge in [-0.15, -0.1) is 0 Å². The van der Waals surface area contributed by atoms with Gasteiger partial charge in [0.2, 0.25) is 5.89 Å². The molecule has 0 unspecified atom stereocenters. The molecule has 1 aromatic heterocycles. The number of carbonyl (C=O) groups is 1. The minimum absolute atomic E-state index is 0.135. The SMILES string of the molecule is CCc1cc(Br)c2oc(-c3ccc(NC(=O)COc4ccccc4Cl)cc3)nc2c1. The molecular weight excluding hydrogens is 468 g/mol. The number of rotatable bonds is 6. The number of para-hydroxylation sites is 1. The lowest BCUT2D eigenvalue weighted by atomic mass is 10.1. The fourth-order valence-electron chi connectivity index (χ4n) is 2.97. The molecule has 4 rings (SSSR count). The van der Waals surface area contributed by atoms with E-state index in [-0.39, 0.29) is 12.5 Å². The van der Waals surface area contributed by atoms with Gasteiger partial charge in [0, 0.05) is 11.3 Å². The summed E-state index contributed by atoms with van der Waals surface area (Å²) in [5, 5.41) is 3.26. The van der Waals surface area contributed by atoms with Crippen LogP contribution in [0.25, 0.3) is 22.6 Å². The summed E-state index contributed by atoms with van der Waals surface area (Å²) in [7, 11) is 0. The third kappa shape index (κ3) is 4.50. The molecule has 3 aromatic carbocycles. The normalized spacial score (nSPS) is 10.9. The maximum Gasteiger partial charge on any atom is 0.262 e. The smallest absolute Gasteiger partial charge is 0.262 e. The number of aromatic nitrogens is 1. The number of hydrogen-bond donors (Lipinski definition) is 1. The maximum atomic E-state index is 12.2. The fraction of sp³-hybridized carbons (Fsp3) is 0.130. The predicted molar refractivity (Wildman–Crippen MR) is 122 cm³/mol. The third-order valence-corrected chi connectivity index (χ3v) is 5.43. The molecular formula is C23H18BrClN2O3. The lowest BCUT2D eigenvalue weighted by Crippen LogP contribution is -2.20. The van der Waals surface area contributed by atoms with Gasteiger partial charge in [0.1, 0.15) is 11.3 Å². The van der Waals surface area contributed by atoms with Crippen molar-refractivity contribution >= 4 is 50.2 Å². The zero-order chi connectivity index (χ0) is 21.1. The van der Waals surface area contributed by atoms with Crippen LogP contribution in [0.3, 0.4) is 0 Å². The average molecular weight is 486 g/mol. The summed E-state index contributed by atoms with van der Waals surface area (Å²) >= 11 is 9.57. The molecule has 7 heteroatoms. The van der Waals surface area contributed by atoms with Gasteiger partial charge in [0.25, 0.3) is 5.91 Å². The van der Waals surface area contributed by atoms with Crippen LogP contribution in [-0.4, -0.2) is 17.5 Å². The van der Waals surface area contributed by atoms with Gasteiger partial charge in [-0.2, -0.15) is 0 Å². The van der Waals surface area contributed by atoms with Crippen molar-refractivity contribution in [2.75, 3.05) is 11.9 Å². The summed E-state index contributed by atoms with van der Waals surface area (Å²) in [4.78, 5) is 16.7. The number of oxazole rings is 1. The highest BCUT2D eigenvalue weighted by molar-refractivity contribution is 9.10. The third-order valence-electron chi connectivity index (χ3n) is 4.52. The Morgan fingerprint density at radius 3 is 2.67 bits per heavy atom. The van der Waals surface area contributed by atoms with Crippen LogP contribution in [0.15, 0.2) is 69.6 Å². The molecule has 1 N–H and O–H groups in total. The minimum Gasteiger partial charge on any atom is -0.482 e. The molecule has 1 amide bonds. The summed E-state index contributed by atoms with van der Waals surface area (Å²) in [6.45, 7) is 1.96. The number of amides is 1. The van der Waals surface area contributed by atoms with Crippen LogP contribution in [0.4, 0.5) is 5.69 Å². The van der Waals surface area contributed by atoms with E-state index in [0.717, 1.165) is 27.6 Å². The lowest BCUT2D eigenvalue weighted by molar-refractivity contribution is -0.118. The van der Waals surface area contributed by atoms with Gasteiger partial charge in [0.15, 0.2) is 12.2 Å². The molecule has 0 aliphatic heterocycles. The standard InChI is InChI=1S/C23H18BrClN2O3/c1-2-14-11-17(24)22-19(12-14)27-23(30-22)15-7-9-16(10-8-15)26-21(28)13-29-20-6-4-3-5-18(20)25/h3-12H,2,13H2,1H3,(H,26,28). The van der Waals surface area contributed by atoms with E-state index in [1.54, 1.807) is 36.4 Å². The highest BCUT2D eigenvalue weighted by Gasteiger charge is 2.12. The minimum atomic E-state index is -0.277. The average Bonchev–Trinajstić information content (AvgIpc) is 3.18. The first-order chi connectivity index (χ1) is 14.5. The predicted octanol–water partition coefficient (Wildman–Crippen LogP) is 6.49. The second-order valence-electron chi connectivity index (χ2n) is 6.64. The van der Waals surface area contributed by atoms with Crippen LogP contribution in [0.5, 0.6) is 5.75 Å². The number of fused-ring (bicyclic) bond motifs is 1. The van der Waals surface area contributed by atoms with E-state index >= 15 is 0 Å².